The molecule has 0 fully saturated rings. The predicted octanol–water partition coefficient (Wildman–Crippen LogP) is 2.47. The van der Waals surface area contributed by atoms with Crippen LogP contribution in [0, 0.1) is 5.82 Å². The van der Waals surface area contributed by atoms with Crippen molar-refractivity contribution in [2.45, 2.75) is 13.0 Å². The van der Waals surface area contributed by atoms with Crippen LogP contribution in [0.25, 0.3) is 0 Å². The van der Waals surface area contributed by atoms with Gasteiger partial charge in [-0.1, -0.05) is 12.1 Å². The summed E-state index contributed by atoms with van der Waals surface area (Å²) >= 11 is 0. The molecule has 0 aliphatic carbocycles. The van der Waals surface area contributed by atoms with Crippen molar-refractivity contribution in [1.82, 2.24) is 0 Å². The molecule has 1 aromatic carbocycles. The summed E-state index contributed by atoms with van der Waals surface area (Å²) in [4.78, 5) is 1.93. The lowest BCUT2D eigenvalue weighted by molar-refractivity contribution is 0.593. The molecule has 0 spiro atoms. The molecule has 0 aromatic heterocycles. The average molecular weight is 208 g/mol. The molecular formula is C12H17FN2. The Morgan fingerprint density at radius 2 is 2.27 bits per heavy atom. The van der Waals surface area contributed by atoms with Crippen LogP contribution in [0.2, 0.25) is 0 Å². The van der Waals surface area contributed by atoms with Crippen molar-refractivity contribution in [2.24, 2.45) is 5.73 Å². The number of halogens is 1. The number of likely N-dealkylation sites (N-methyl/N-ethyl adjacent to an activating group) is 1. The zero-order valence-electron chi connectivity index (χ0n) is 9.20. The van der Waals surface area contributed by atoms with Gasteiger partial charge in [0.1, 0.15) is 5.82 Å². The summed E-state index contributed by atoms with van der Waals surface area (Å²) in [6, 6.07) is 4.68. The third-order valence-electron chi connectivity index (χ3n) is 2.30. The highest BCUT2D eigenvalue weighted by Gasteiger charge is 2.14. The third kappa shape index (κ3) is 2.57. The van der Waals surface area contributed by atoms with Gasteiger partial charge in [0.05, 0.1) is 0 Å². The minimum Gasteiger partial charge on any atom is -0.371 e. The van der Waals surface area contributed by atoms with Crippen molar-refractivity contribution >= 4 is 5.69 Å². The van der Waals surface area contributed by atoms with Crippen LogP contribution in [0.4, 0.5) is 10.1 Å². The third-order valence-corrected chi connectivity index (χ3v) is 2.30. The Hall–Kier alpha value is -1.35. The maximum Gasteiger partial charge on any atom is 0.130 e. The summed E-state index contributed by atoms with van der Waals surface area (Å²) in [5.41, 5.74) is 7.14. The number of anilines is 1. The van der Waals surface area contributed by atoms with E-state index in [9.17, 15) is 4.39 Å². The summed E-state index contributed by atoms with van der Waals surface area (Å²) < 4.78 is 13.6. The summed E-state index contributed by atoms with van der Waals surface area (Å²) in [6.07, 6.45) is 1.77. The van der Waals surface area contributed by atoms with Gasteiger partial charge in [-0.3, -0.25) is 0 Å². The van der Waals surface area contributed by atoms with Crippen molar-refractivity contribution in [3.05, 3.63) is 42.2 Å². The van der Waals surface area contributed by atoms with Gasteiger partial charge in [-0.05, 0) is 19.1 Å². The van der Waals surface area contributed by atoms with Crippen LogP contribution in [0.15, 0.2) is 30.9 Å². The molecule has 1 atom stereocenters. The zero-order valence-corrected chi connectivity index (χ0v) is 9.20. The van der Waals surface area contributed by atoms with E-state index in [0.717, 1.165) is 5.69 Å². The molecule has 0 unspecified atom stereocenters. The molecule has 0 amide bonds. The first kappa shape index (κ1) is 11.7. The van der Waals surface area contributed by atoms with Gasteiger partial charge in [0.2, 0.25) is 0 Å². The second kappa shape index (κ2) is 4.94. The lowest BCUT2D eigenvalue weighted by atomic mass is 10.1. The van der Waals surface area contributed by atoms with Crippen LogP contribution in [0.5, 0.6) is 0 Å². The molecule has 0 saturated heterocycles. The van der Waals surface area contributed by atoms with Gasteiger partial charge >= 0.3 is 0 Å². The van der Waals surface area contributed by atoms with Crippen LogP contribution in [0.1, 0.15) is 18.5 Å². The highest BCUT2D eigenvalue weighted by Crippen LogP contribution is 2.26. The molecule has 0 saturated carbocycles. The van der Waals surface area contributed by atoms with Crippen LogP contribution < -0.4 is 10.6 Å². The second-order valence-corrected chi connectivity index (χ2v) is 3.63. The topological polar surface area (TPSA) is 29.3 Å². The van der Waals surface area contributed by atoms with Gasteiger partial charge in [0, 0.05) is 30.9 Å². The lowest BCUT2D eigenvalue weighted by Crippen LogP contribution is -2.21. The molecule has 15 heavy (non-hydrogen) atoms. The number of rotatable bonds is 4. The summed E-state index contributed by atoms with van der Waals surface area (Å²) in [5.74, 6) is -0.251. The molecule has 0 bridgehead atoms. The van der Waals surface area contributed by atoms with E-state index in [1.807, 2.05) is 18.0 Å². The molecule has 2 N–H and O–H groups in total. The van der Waals surface area contributed by atoms with E-state index >= 15 is 0 Å². The molecule has 82 valence electrons. The maximum atomic E-state index is 13.6. The first-order valence-electron chi connectivity index (χ1n) is 4.94. The average Bonchev–Trinajstić information content (AvgIpc) is 2.17. The van der Waals surface area contributed by atoms with E-state index < -0.39 is 0 Å². The molecule has 0 aliphatic rings. The number of nitrogens with zero attached hydrogens (tertiary/aromatic N) is 1. The highest BCUT2D eigenvalue weighted by molar-refractivity contribution is 5.55. The minimum absolute atomic E-state index is 0.251. The fraction of sp³-hybridized carbons (Fsp3) is 0.333. The molecule has 2 nitrogen and oxygen atoms in total. The van der Waals surface area contributed by atoms with Crippen LogP contribution >= 0.6 is 0 Å². The highest BCUT2D eigenvalue weighted by atomic mass is 19.1. The maximum absolute atomic E-state index is 13.6. The normalized spacial score (nSPS) is 12.3. The smallest absolute Gasteiger partial charge is 0.130 e. The van der Waals surface area contributed by atoms with Crippen molar-refractivity contribution in [2.75, 3.05) is 18.5 Å². The van der Waals surface area contributed by atoms with Crippen molar-refractivity contribution in [3.63, 3.8) is 0 Å². The van der Waals surface area contributed by atoms with Crippen LogP contribution in [-0.4, -0.2) is 13.6 Å². The molecule has 0 radical (unpaired) electrons. The monoisotopic (exact) mass is 208 g/mol. The van der Waals surface area contributed by atoms with E-state index in [-0.39, 0.29) is 11.9 Å². The molecule has 1 aromatic rings. The lowest BCUT2D eigenvalue weighted by Gasteiger charge is -2.22. The zero-order chi connectivity index (χ0) is 11.4. The Bertz CT molecular complexity index is 347. The fourth-order valence-electron chi connectivity index (χ4n) is 1.60. The number of hydrogen-bond acceptors (Lipinski definition) is 2. The Balaban J connectivity index is 3.16. The Morgan fingerprint density at radius 3 is 2.80 bits per heavy atom. The van der Waals surface area contributed by atoms with Crippen molar-refractivity contribution in [1.29, 1.82) is 0 Å². The molecule has 0 aliphatic heterocycles. The molecule has 3 heteroatoms. The minimum atomic E-state index is -0.312. The molecular weight excluding hydrogens is 191 g/mol. The van der Waals surface area contributed by atoms with Gasteiger partial charge in [-0.2, -0.15) is 0 Å². The molecule has 1 rings (SSSR count). The van der Waals surface area contributed by atoms with E-state index in [4.69, 9.17) is 5.73 Å². The number of nitrogens with two attached hydrogens (primary N) is 1. The van der Waals surface area contributed by atoms with Crippen LogP contribution in [0.3, 0.4) is 0 Å². The van der Waals surface area contributed by atoms with Gasteiger partial charge in [0.25, 0.3) is 0 Å². The summed E-state index contributed by atoms with van der Waals surface area (Å²) in [6.45, 7) is 6.11. The van der Waals surface area contributed by atoms with E-state index in [0.29, 0.717) is 12.1 Å². The number of hydrogen-bond donors (Lipinski definition) is 1. The predicted molar refractivity (Wildman–Crippen MR) is 62.5 cm³/mol. The number of benzene rings is 1. The van der Waals surface area contributed by atoms with Gasteiger partial charge in [0.15, 0.2) is 0 Å². The van der Waals surface area contributed by atoms with Gasteiger partial charge < -0.3 is 10.6 Å². The molecule has 0 heterocycles. The van der Waals surface area contributed by atoms with Crippen molar-refractivity contribution < 1.29 is 4.39 Å². The fourth-order valence-corrected chi connectivity index (χ4v) is 1.60. The Kier molecular flexibility index (Phi) is 3.86. The van der Waals surface area contributed by atoms with Gasteiger partial charge in [-0.25, -0.2) is 4.39 Å². The summed E-state index contributed by atoms with van der Waals surface area (Å²) in [5, 5.41) is 0. The van der Waals surface area contributed by atoms with Crippen LogP contribution in [-0.2, 0) is 0 Å². The van der Waals surface area contributed by atoms with Gasteiger partial charge in [-0.15, -0.1) is 6.58 Å². The Labute approximate surface area is 90.2 Å². The summed E-state index contributed by atoms with van der Waals surface area (Å²) in [7, 11) is 1.89. The van der Waals surface area contributed by atoms with E-state index in [2.05, 4.69) is 6.58 Å². The van der Waals surface area contributed by atoms with E-state index in [1.165, 1.54) is 6.07 Å². The standard InChI is InChI=1S/C12H17FN2/c1-4-8-15(3)11-7-5-6-10(13)12(11)9(2)14/h4-7,9H,1,8,14H2,2-3H3/t9-/m1/s1. The quantitative estimate of drug-likeness (QED) is 0.770. The first-order chi connectivity index (χ1) is 7.07. The van der Waals surface area contributed by atoms with Crippen molar-refractivity contribution in [3.8, 4) is 0 Å². The Morgan fingerprint density at radius 1 is 1.60 bits per heavy atom. The SMILES string of the molecule is C=CCN(C)c1cccc(F)c1[C@@H](C)N. The second-order valence-electron chi connectivity index (χ2n) is 3.63. The first-order valence-corrected chi connectivity index (χ1v) is 4.94. The van der Waals surface area contributed by atoms with E-state index in [1.54, 1.807) is 19.1 Å². The largest absolute Gasteiger partial charge is 0.371 e.